The standard InChI is InChI=1S/C22H20N4OS2/c1-4-20-24-25-22(18-11-19-17(26(18)20)10-13(2)29-19)28-12-16-14(3)27-21(23-16)15-8-6-5-7-9-15/h5-11H,4,12H2,1-3H3. The van der Waals surface area contributed by atoms with Gasteiger partial charge in [0.1, 0.15) is 16.6 Å². The second kappa shape index (κ2) is 7.31. The number of oxazole rings is 1. The fraction of sp³-hybridized carbons (Fsp3) is 0.227. The van der Waals surface area contributed by atoms with E-state index in [1.54, 1.807) is 11.8 Å². The smallest absolute Gasteiger partial charge is 0.226 e. The molecular weight excluding hydrogens is 400 g/mol. The van der Waals surface area contributed by atoms with Crippen molar-refractivity contribution in [2.45, 2.75) is 38.0 Å². The lowest BCUT2D eigenvalue weighted by atomic mass is 10.2. The van der Waals surface area contributed by atoms with Crippen molar-refractivity contribution in [2.75, 3.05) is 0 Å². The van der Waals surface area contributed by atoms with E-state index in [4.69, 9.17) is 9.40 Å². The Labute approximate surface area is 176 Å². The van der Waals surface area contributed by atoms with E-state index >= 15 is 0 Å². The molecule has 0 N–H and O–H groups in total. The lowest BCUT2D eigenvalue weighted by Gasteiger charge is -2.06. The molecule has 29 heavy (non-hydrogen) atoms. The number of benzene rings is 1. The van der Waals surface area contributed by atoms with Gasteiger partial charge < -0.3 is 4.42 Å². The molecule has 4 heterocycles. The summed E-state index contributed by atoms with van der Waals surface area (Å²) in [5.41, 5.74) is 4.27. The lowest BCUT2D eigenvalue weighted by Crippen LogP contribution is -2.03. The first-order chi connectivity index (χ1) is 14.1. The van der Waals surface area contributed by atoms with E-state index < -0.39 is 0 Å². The maximum atomic E-state index is 5.90. The molecule has 0 saturated heterocycles. The van der Waals surface area contributed by atoms with Crippen molar-refractivity contribution in [1.82, 2.24) is 19.6 Å². The summed E-state index contributed by atoms with van der Waals surface area (Å²) in [6.07, 6.45) is 0.843. The highest BCUT2D eigenvalue weighted by Crippen LogP contribution is 2.34. The third-order valence-electron chi connectivity index (χ3n) is 4.92. The van der Waals surface area contributed by atoms with Gasteiger partial charge in [-0.3, -0.25) is 4.40 Å². The first kappa shape index (κ1) is 18.4. The van der Waals surface area contributed by atoms with Crippen molar-refractivity contribution < 1.29 is 4.42 Å². The number of thioether (sulfide) groups is 1. The highest BCUT2D eigenvalue weighted by atomic mass is 32.2. The number of hydrogen-bond acceptors (Lipinski definition) is 6. The molecule has 4 aromatic heterocycles. The summed E-state index contributed by atoms with van der Waals surface area (Å²) >= 11 is 3.47. The van der Waals surface area contributed by atoms with Gasteiger partial charge in [0, 0.05) is 22.6 Å². The van der Waals surface area contributed by atoms with Gasteiger partial charge in [-0.1, -0.05) is 36.9 Å². The molecule has 0 aliphatic rings. The van der Waals surface area contributed by atoms with Crippen LogP contribution in [0, 0.1) is 13.8 Å². The van der Waals surface area contributed by atoms with Crippen LogP contribution >= 0.6 is 23.1 Å². The zero-order valence-corrected chi connectivity index (χ0v) is 18.1. The summed E-state index contributed by atoms with van der Waals surface area (Å²) in [7, 11) is 0. The maximum absolute atomic E-state index is 5.90. The molecule has 0 radical (unpaired) electrons. The van der Waals surface area contributed by atoms with Crippen LogP contribution in [0.1, 0.15) is 29.1 Å². The van der Waals surface area contributed by atoms with Crippen LogP contribution in [-0.2, 0) is 12.2 Å². The molecule has 146 valence electrons. The topological polar surface area (TPSA) is 56.2 Å². The quantitative estimate of drug-likeness (QED) is 0.323. The zero-order valence-electron chi connectivity index (χ0n) is 16.5. The number of aromatic nitrogens is 4. The van der Waals surface area contributed by atoms with Gasteiger partial charge in [0.25, 0.3) is 0 Å². The molecule has 5 aromatic rings. The van der Waals surface area contributed by atoms with E-state index in [2.05, 4.69) is 40.6 Å². The first-order valence-corrected chi connectivity index (χ1v) is 11.4. The Kier molecular flexibility index (Phi) is 4.64. The van der Waals surface area contributed by atoms with E-state index in [-0.39, 0.29) is 0 Å². The second-order valence-corrected chi connectivity index (χ2v) is 9.18. The van der Waals surface area contributed by atoms with E-state index in [0.717, 1.165) is 39.8 Å². The van der Waals surface area contributed by atoms with Crippen molar-refractivity contribution in [3.8, 4) is 11.5 Å². The molecular formula is C22H20N4OS2. The Morgan fingerprint density at radius 3 is 2.69 bits per heavy atom. The predicted octanol–water partition coefficient (Wildman–Crippen LogP) is 6.07. The normalized spacial score (nSPS) is 11.7. The van der Waals surface area contributed by atoms with Crippen LogP contribution in [0.2, 0.25) is 0 Å². The molecule has 0 spiro atoms. The summed E-state index contributed by atoms with van der Waals surface area (Å²) in [5, 5.41) is 9.94. The van der Waals surface area contributed by atoms with Crippen LogP contribution in [0.15, 0.2) is 51.9 Å². The lowest BCUT2D eigenvalue weighted by molar-refractivity contribution is 0.540. The number of nitrogens with zero attached hydrogens (tertiary/aromatic N) is 4. The van der Waals surface area contributed by atoms with Gasteiger partial charge in [0.15, 0.2) is 0 Å². The molecule has 7 heteroatoms. The summed E-state index contributed by atoms with van der Waals surface area (Å²) in [5.74, 6) is 3.18. The van der Waals surface area contributed by atoms with Gasteiger partial charge in [-0.15, -0.1) is 21.5 Å². The molecule has 0 atom stereocenters. The Hall–Kier alpha value is -2.64. The SMILES string of the molecule is CCc1nnc(SCc2nc(-c3ccccc3)oc2C)c2cc3sc(C)cc3n12. The average molecular weight is 421 g/mol. The minimum Gasteiger partial charge on any atom is -0.441 e. The van der Waals surface area contributed by atoms with Crippen LogP contribution in [0.3, 0.4) is 0 Å². The van der Waals surface area contributed by atoms with E-state index in [1.807, 2.05) is 48.6 Å². The second-order valence-electron chi connectivity index (χ2n) is 6.92. The van der Waals surface area contributed by atoms with E-state index in [9.17, 15) is 0 Å². The van der Waals surface area contributed by atoms with Gasteiger partial charge in [-0.2, -0.15) is 0 Å². The number of rotatable bonds is 5. The third kappa shape index (κ3) is 3.24. The van der Waals surface area contributed by atoms with E-state index in [0.29, 0.717) is 11.6 Å². The summed E-state index contributed by atoms with van der Waals surface area (Å²) in [4.78, 5) is 6.02. The molecule has 0 unspecified atom stereocenters. The summed E-state index contributed by atoms with van der Waals surface area (Å²) in [6.45, 7) is 6.22. The molecule has 0 fully saturated rings. The Bertz CT molecular complexity index is 1320. The Morgan fingerprint density at radius 2 is 1.90 bits per heavy atom. The van der Waals surface area contributed by atoms with Gasteiger partial charge in [0.2, 0.25) is 5.89 Å². The molecule has 5 rings (SSSR count). The van der Waals surface area contributed by atoms with Crippen molar-refractivity contribution in [3.63, 3.8) is 0 Å². The van der Waals surface area contributed by atoms with Crippen molar-refractivity contribution in [2.24, 2.45) is 0 Å². The van der Waals surface area contributed by atoms with Gasteiger partial charge in [-0.25, -0.2) is 4.98 Å². The molecule has 1 aromatic carbocycles. The van der Waals surface area contributed by atoms with Crippen LogP contribution in [0.4, 0.5) is 0 Å². The largest absolute Gasteiger partial charge is 0.441 e. The summed E-state index contributed by atoms with van der Waals surface area (Å²) < 4.78 is 9.42. The van der Waals surface area contributed by atoms with Gasteiger partial charge >= 0.3 is 0 Å². The van der Waals surface area contributed by atoms with Crippen LogP contribution in [-0.4, -0.2) is 19.6 Å². The van der Waals surface area contributed by atoms with Crippen LogP contribution in [0.25, 0.3) is 27.2 Å². The Morgan fingerprint density at radius 1 is 1.07 bits per heavy atom. The monoisotopic (exact) mass is 420 g/mol. The van der Waals surface area contributed by atoms with E-state index in [1.165, 1.54) is 15.1 Å². The van der Waals surface area contributed by atoms with Gasteiger partial charge in [0.05, 0.1) is 21.4 Å². The average Bonchev–Trinajstić information content (AvgIpc) is 3.39. The molecule has 0 aliphatic carbocycles. The number of aryl methyl sites for hydroxylation is 3. The fourth-order valence-corrected chi connectivity index (χ4v) is 5.37. The molecule has 0 amide bonds. The fourth-order valence-electron chi connectivity index (χ4n) is 3.48. The Balaban J connectivity index is 1.49. The highest BCUT2D eigenvalue weighted by molar-refractivity contribution is 7.98. The molecule has 5 nitrogen and oxygen atoms in total. The third-order valence-corrected chi connectivity index (χ3v) is 6.89. The van der Waals surface area contributed by atoms with Crippen molar-refractivity contribution in [3.05, 3.63) is 64.6 Å². The number of hydrogen-bond donors (Lipinski definition) is 0. The minimum atomic E-state index is 0.662. The first-order valence-electron chi connectivity index (χ1n) is 9.55. The van der Waals surface area contributed by atoms with Crippen molar-refractivity contribution in [1.29, 1.82) is 0 Å². The predicted molar refractivity (Wildman–Crippen MR) is 119 cm³/mol. The van der Waals surface area contributed by atoms with Gasteiger partial charge in [-0.05, 0) is 38.1 Å². The molecule has 0 aliphatic heterocycles. The number of fused-ring (bicyclic) bond motifs is 3. The number of thiophene rings is 1. The minimum absolute atomic E-state index is 0.662. The zero-order chi connectivity index (χ0) is 20.0. The molecule has 0 bridgehead atoms. The maximum Gasteiger partial charge on any atom is 0.226 e. The highest BCUT2D eigenvalue weighted by Gasteiger charge is 2.17. The summed E-state index contributed by atoms with van der Waals surface area (Å²) in [6, 6.07) is 14.5. The molecule has 0 saturated carbocycles. The van der Waals surface area contributed by atoms with Crippen molar-refractivity contribution >= 4 is 38.8 Å². The van der Waals surface area contributed by atoms with Crippen LogP contribution < -0.4 is 0 Å². The van der Waals surface area contributed by atoms with Crippen LogP contribution in [0.5, 0.6) is 0 Å².